The molecule has 0 aromatic rings. The quantitative estimate of drug-likeness (QED) is 0.465. The number of rotatable bonds is 9. The first-order chi connectivity index (χ1) is 16.1. The maximum atomic E-state index is 13.0. The van der Waals surface area contributed by atoms with Gasteiger partial charge < -0.3 is 23.8 Å². The fraction of sp³-hybridized carbons (Fsp3) is 0.960. The van der Waals surface area contributed by atoms with Crippen molar-refractivity contribution in [2.24, 2.45) is 17.8 Å². The molecule has 6 atom stereocenters. The highest BCUT2D eigenvalue weighted by molar-refractivity contribution is 5.69. The lowest BCUT2D eigenvalue weighted by molar-refractivity contribution is -0.133. The molecule has 1 saturated carbocycles. The Morgan fingerprint density at radius 3 is 2.50 bits per heavy atom. The van der Waals surface area contributed by atoms with E-state index in [1.54, 1.807) is 16.9 Å². The molecule has 4 aliphatic heterocycles. The Kier molecular flexibility index (Phi) is 6.39. The Balaban J connectivity index is 1.12. The van der Waals surface area contributed by atoms with E-state index in [2.05, 4.69) is 20.8 Å². The van der Waals surface area contributed by atoms with Crippen LogP contribution in [-0.4, -0.2) is 97.8 Å². The number of amides is 1. The lowest BCUT2D eigenvalue weighted by Gasteiger charge is -2.45. The number of alkyl halides is 2. The average molecular weight is 487 g/mol. The Morgan fingerprint density at radius 1 is 1.21 bits per heavy atom. The summed E-state index contributed by atoms with van der Waals surface area (Å²) >= 11 is 0. The van der Waals surface area contributed by atoms with Gasteiger partial charge in [0, 0.05) is 20.2 Å². The van der Waals surface area contributed by atoms with Crippen LogP contribution in [0.3, 0.4) is 0 Å². The average Bonchev–Trinajstić information content (AvgIpc) is 3.62. The van der Waals surface area contributed by atoms with E-state index in [1.165, 1.54) is 0 Å². The molecular weight excluding hydrogens is 446 g/mol. The molecule has 1 amide bonds. The zero-order valence-corrected chi connectivity index (χ0v) is 20.9. The summed E-state index contributed by atoms with van der Waals surface area (Å²) in [7, 11) is 1.69. The first-order valence-electron chi connectivity index (χ1n) is 13.0. The van der Waals surface area contributed by atoms with Crippen molar-refractivity contribution < 1.29 is 32.5 Å². The molecule has 5 fully saturated rings. The minimum absolute atomic E-state index is 0.0347. The molecule has 0 N–H and O–H groups in total. The number of methoxy groups -OCH3 is 1. The van der Waals surface area contributed by atoms with Gasteiger partial charge in [0.15, 0.2) is 0 Å². The lowest BCUT2D eigenvalue weighted by atomic mass is 9.68. The van der Waals surface area contributed by atoms with Gasteiger partial charge in [-0.2, -0.15) is 0 Å². The summed E-state index contributed by atoms with van der Waals surface area (Å²) in [4.78, 5) is 16.4. The highest BCUT2D eigenvalue weighted by Crippen LogP contribution is 2.59. The minimum atomic E-state index is -2.52. The van der Waals surface area contributed by atoms with Gasteiger partial charge in [0.05, 0.1) is 31.7 Å². The molecule has 1 aliphatic carbocycles. The number of carbonyl (C=O) groups is 1. The van der Waals surface area contributed by atoms with Crippen LogP contribution in [0, 0.1) is 17.8 Å². The van der Waals surface area contributed by atoms with Crippen LogP contribution in [0.1, 0.15) is 52.9 Å². The lowest BCUT2D eigenvalue weighted by Crippen LogP contribution is -2.59. The van der Waals surface area contributed by atoms with Crippen LogP contribution in [0.5, 0.6) is 0 Å². The first-order valence-corrected chi connectivity index (χ1v) is 13.0. The van der Waals surface area contributed by atoms with E-state index in [-0.39, 0.29) is 54.6 Å². The molecule has 0 radical (unpaired) electrons. The number of epoxide rings is 2. The molecule has 4 heterocycles. The van der Waals surface area contributed by atoms with Crippen molar-refractivity contribution in [3.63, 3.8) is 0 Å². The second kappa shape index (κ2) is 8.82. The fourth-order valence-corrected chi connectivity index (χ4v) is 6.51. The number of hydrogen-bond acceptors (Lipinski definition) is 6. The highest BCUT2D eigenvalue weighted by atomic mass is 19.3. The summed E-state index contributed by atoms with van der Waals surface area (Å²) in [6.45, 7) is 8.97. The number of hydrogen-bond donors (Lipinski definition) is 0. The monoisotopic (exact) mass is 486 g/mol. The third kappa shape index (κ3) is 4.70. The molecule has 34 heavy (non-hydrogen) atoms. The number of likely N-dealkylation sites (tertiary alicyclic amines) is 2. The maximum Gasteiger partial charge on any atom is 0.410 e. The number of carbonyl (C=O) groups excluding carboxylic acids is 1. The number of nitrogens with zero attached hydrogens (tertiary/aromatic N) is 2. The molecule has 7 nitrogen and oxygen atoms in total. The predicted molar refractivity (Wildman–Crippen MR) is 121 cm³/mol. The summed E-state index contributed by atoms with van der Waals surface area (Å²) in [6, 6.07) is 0. The van der Waals surface area contributed by atoms with E-state index in [0.717, 1.165) is 25.7 Å². The number of halogens is 2. The molecule has 194 valence electrons. The van der Waals surface area contributed by atoms with Gasteiger partial charge in [-0.25, -0.2) is 13.6 Å². The van der Waals surface area contributed by atoms with E-state index in [0.29, 0.717) is 44.5 Å². The van der Waals surface area contributed by atoms with Gasteiger partial charge in [-0.1, -0.05) is 13.8 Å². The van der Waals surface area contributed by atoms with Crippen LogP contribution < -0.4 is 0 Å². The topological polar surface area (TPSA) is 67.1 Å². The van der Waals surface area contributed by atoms with Crippen molar-refractivity contribution in [2.75, 3.05) is 46.4 Å². The Hall–Kier alpha value is -1.03. The second-order valence-electron chi connectivity index (χ2n) is 11.9. The molecule has 4 saturated heterocycles. The van der Waals surface area contributed by atoms with Crippen LogP contribution in [0.25, 0.3) is 0 Å². The minimum Gasteiger partial charge on any atom is -0.443 e. The summed E-state index contributed by atoms with van der Waals surface area (Å²) in [5.74, 6) is -1.51. The van der Waals surface area contributed by atoms with Gasteiger partial charge in [0.1, 0.15) is 23.4 Å². The molecule has 9 heteroatoms. The van der Waals surface area contributed by atoms with E-state index >= 15 is 0 Å². The summed E-state index contributed by atoms with van der Waals surface area (Å²) in [6.07, 6.45) is 3.82. The Bertz CT molecular complexity index is 764. The van der Waals surface area contributed by atoms with Crippen molar-refractivity contribution in [3.8, 4) is 0 Å². The van der Waals surface area contributed by atoms with Gasteiger partial charge >= 0.3 is 6.09 Å². The molecule has 1 unspecified atom stereocenters. The van der Waals surface area contributed by atoms with Crippen molar-refractivity contribution in [1.82, 2.24) is 9.80 Å². The maximum absolute atomic E-state index is 13.0. The molecule has 0 aromatic heterocycles. The fourth-order valence-electron chi connectivity index (χ4n) is 6.51. The van der Waals surface area contributed by atoms with Crippen LogP contribution in [-0.2, 0) is 18.9 Å². The normalized spacial score (nSPS) is 41.3. The van der Waals surface area contributed by atoms with Crippen LogP contribution in [0.4, 0.5) is 13.6 Å². The standard InChI is InChI=1S/C25H40F2N2O5/c1-16(2)5-6-19-23(3,34-19)21-20(31-4)18(7-9-24(21)15-32-24)33-22(30)29-11-17(12-29)8-10-28-13-25(26,27)14-28/h16-21H,5-15H2,1-4H3/t18-,19-,20-,21-,23+,24?/m1/s1. The molecule has 5 aliphatic rings. The summed E-state index contributed by atoms with van der Waals surface area (Å²) in [5, 5.41) is 0. The predicted octanol–water partition coefficient (Wildman–Crippen LogP) is 3.55. The highest BCUT2D eigenvalue weighted by Gasteiger charge is 2.72. The van der Waals surface area contributed by atoms with Gasteiger partial charge in [-0.05, 0) is 57.4 Å². The number of ether oxygens (including phenoxy) is 4. The molecule has 5 rings (SSSR count). The molecular formula is C25H40F2N2O5. The zero-order chi connectivity index (χ0) is 24.3. The second-order valence-corrected chi connectivity index (χ2v) is 11.9. The molecule has 0 bridgehead atoms. The third-order valence-electron chi connectivity index (χ3n) is 8.73. The van der Waals surface area contributed by atoms with Crippen LogP contribution in [0.15, 0.2) is 0 Å². The van der Waals surface area contributed by atoms with E-state index in [4.69, 9.17) is 18.9 Å². The van der Waals surface area contributed by atoms with Crippen molar-refractivity contribution in [3.05, 3.63) is 0 Å². The van der Waals surface area contributed by atoms with Gasteiger partial charge in [-0.3, -0.25) is 4.90 Å². The zero-order valence-electron chi connectivity index (χ0n) is 20.9. The molecule has 1 spiro atoms. The first kappa shape index (κ1) is 24.7. The Morgan fingerprint density at radius 2 is 1.91 bits per heavy atom. The van der Waals surface area contributed by atoms with Crippen molar-refractivity contribution >= 4 is 6.09 Å². The van der Waals surface area contributed by atoms with Crippen molar-refractivity contribution in [1.29, 1.82) is 0 Å². The van der Waals surface area contributed by atoms with E-state index in [9.17, 15) is 13.6 Å². The van der Waals surface area contributed by atoms with Gasteiger partial charge in [-0.15, -0.1) is 0 Å². The third-order valence-corrected chi connectivity index (χ3v) is 8.73. The molecule has 0 aromatic carbocycles. The largest absolute Gasteiger partial charge is 0.443 e. The van der Waals surface area contributed by atoms with Crippen LogP contribution in [0.2, 0.25) is 0 Å². The van der Waals surface area contributed by atoms with E-state index in [1.807, 2.05) is 0 Å². The van der Waals surface area contributed by atoms with Gasteiger partial charge in [0.25, 0.3) is 5.92 Å². The summed E-state index contributed by atoms with van der Waals surface area (Å²) < 4.78 is 50.1. The Labute approximate surface area is 201 Å². The van der Waals surface area contributed by atoms with Crippen molar-refractivity contribution in [2.45, 2.75) is 88.3 Å². The summed E-state index contributed by atoms with van der Waals surface area (Å²) in [5.41, 5.74) is -0.535. The SMILES string of the molecule is CO[C@@H]1[C@H](OC(=O)N2CC(CCN3CC(F)(F)C3)C2)CCC2(CO2)[C@H]1[C@@]1(C)O[C@@H]1CCC(C)C. The van der Waals surface area contributed by atoms with Gasteiger partial charge in [0.2, 0.25) is 0 Å². The van der Waals surface area contributed by atoms with Crippen LogP contribution >= 0.6 is 0 Å². The smallest absolute Gasteiger partial charge is 0.410 e. The van der Waals surface area contributed by atoms with E-state index < -0.39 is 5.92 Å².